The Labute approximate surface area is 816 Å². The number of thiocarbonyl (C=S) groups is 2. The van der Waals surface area contributed by atoms with Crippen LogP contribution in [0.25, 0.3) is 20.9 Å². The molecule has 4 fully saturated rings. The van der Waals surface area contributed by atoms with Crippen molar-refractivity contribution in [3.63, 3.8) is 0 Å². The van der Waals surface area contributed by atoms with E-state index in [1.807, 2.05) is 209 Å². The molecule has 4 saturated heterocycles. The zero-order valence-electron chi connectivity index (χ0n) is 80.5. The second-order valence-electron chi connectivity index (χ2n) is 38.2. The van der Waals surface area contributed by atoms with Gasteiger partial charge in [0.15, 0.2) is 10.2 Å². The normalized spacial score (nSPS) is 17.3. The fourth-order valence-corrected chi connectivity index (χ4v) is 19.4. The lowest BCUT2D eigenvalue weighted by atomic mass is 9.85. The van der Waals surface area contributed by atoms with Gasteiger partial charge in [-0.05, 0) is 273 Å². The highest BCUT2D eigenvalue weighted by molar-refractivity contribution is 7.81. The van der Waals surface area contributed by atoms with Gasteiger partial charge >= 0.3 is 0 Å². The lowest BCUT2D eigenvalue weighted by Gasteiger charge is -2.35. The molecule has 8 amide bonds. The van der Waals surface area contributed by atoms with E-state index in [-0.39, 0.29) is 82.8 Å². The van der Waals surface area contributed by atoms with Crippen LogP contribution in [-0.4, -0.2) is 192 Å². The lowest BCUT2D eigenvalue weighted by molar-refractivity contribution is -0.144. The summed E-state index contributed by atoms with van der Waals surface area (Å²) in [7, 11) is 0. The Bertz CT molecular complexity index is 5270. The van der Waals surface area contributed by atoms with E-state index in [9.17, 15) is 48.0 Å². The maximum Gasteiger partial charge on any atom is 0.259 e. The highest BCUT2D eigenvalue weighted by Gasteiger charge is 2.53. The number of ether oxygens (including phenoxy) is 6. The minimum absolute atomic E-state index is 0.113. The van der Waals surface area contributed by atoms with Gasteiger partial charge in [-0.15, -0.1) is 22.7 Å². The van der Waals surface area contributed by atoms with Crippen LogP contribution in [0.5, 0.6) is 11.5 Å². The van der Waals surface area contributed by atoms with Crippen LogP contribution in [0.3, 0.4) is 0 Å². The van der Waals surface area contributed by atoms with Crippen molar-refractivity contribution in [2.24, 2.45) is 22.7 Å². The Morgan fingerprint density at radius 1 is 0.493 bits per heavy atom. The van der Waals surface area contributed by atoms with Crippen LogP contribution in [0.1, 0.15) is 186 Å². The number of carbonyl (C=O) groups excluding carboxylic acids is 8. The van der Waals surface area contributed by atoms with Gasteiger partial charge in [0.2, 0.25) is 35.4 Å². The molecule has 0 spiro atoms. The molecule has 0 bridgehead atoms. The molecule has 136 heavy (non-hydrogen) atoms. The summed E-state index contributed by atoms with van der Waals surface area (Å²) in [6.07, 6.45) is 7.54. The van der Waals surface area contributed by atoms with Crippen LogP contribution in [-0.2, 0) is 70.4 Å². The molecule has 0 unspecified atom stereocenters. The zero-order chi connectivity index (χ0) is 98.3. The van der Waals surface area contributed by atoms with Crippen molar-refractivity contribution >= 4 is 127 Å². The van der Waals surface area contributed by atoms with Crippen LogP contribution in [0.4, 0.5) is 27.1 Å². The van der Waals surface area contributed by atoms with Crippen LogP contribution in [0, 0.1) is 71.9 Å². The molecule has 28 nitrogen and oxygen atoms in total. The summed E-state index contributed by atoms with van der Waals surface area (Å²) in [6.45, 7) is 33.5. The molecule has 8 aromatic rings. The summed E-state index contributed by atoms with van der Waals surface area (Å²) in [5, 5.41) is 30.9. The average Bonchev–Trinajstić information content (AvgIpc) is 1.59. The average molecular weight is 1930 g/mol. The smallest absolute Gasteiger partial charge is 0.259 e. The van der Waals surface area contributed by atoms with Crippen LogP contribution >= 0.6 is 47.1 Å². The molecule has 0 saturated carbocycles. The predicted molar refractivity (Wildman–Crippen MR) is 534 cm³/mol. The molecule has 33 heteroatoms. The van der Waals surface area contributed by atoms with E-state index in [1.165, 1.54) is 21.9 Å². The topological polar surface area (TPSA) is 333 Å². The number of aromatic nitrogens is 2. The van der Waals surface area contributed by atoms with Gasteiger partial charge in [0.05, 0.1) is 73.9 Å². The summed E-state index contributed by atoms with van der Waals surface area (Å²) >= 11 is 14.7. The Morgan fingerprint density at radius 3 is 1.21 bits per heavy atom. The summed E-state index contributed by atoms with van der Waals surface area (Å²) in [6, 6.07) is 41.2. The van der Waals surface area contributed by atoms with E-state index in [4.69, 9.17) is 58.1 Å². The van der Waals surface area contributed by atoms with Crippen molar-refractivity contribution in [2.45, 2.75) is 216 Å². The fraction of sp³-hybridized carbons (Fsp3) is 0.476. The molecule has 4 aliphatic rings. The first-order valence-electron chi connectivity index (χ1n) is 46.4. The molecular weight excluding hydrogens is 1800 g/mol. The molecule has 4 aliphatic heterocycles. The second kappa shape index (κ2) is 48.0. The molecule has 6 aromatic carbocycles. The van der Waals surface area contributed by atoms with Crippen molar-refractivity contribution in [3.05, 3.63) is 190 Å². The van der Waals surface area contributed by atoms with Crippen LogP contribution in [0.15, 0.2) is 144 Å². The number of nitriles is 2. The molecule has 724 valence electrons. The van der Waals surface area contributed by atoms with Gasteiger partial charge in [0.1, 0.15) is 71.8 Å². The molecule has 12 rings (SSSR count). The van der Waals surface area contributed by atoms with Gasteiger partial charge in [0, 0.05) is 77.2 Å². The van der Waals surface area contributed by atoms with E-state index in [2.05, 4.69) is 37.3 Å². The monoisotopic (exact) mass is 1930 g/mol. The molecule has 2 aromatic heterocycles. The predicted octanol–water partition coefficient (Wildman–Crippen LogP) is 16.4. The highest BCUT2D eigenvalue weighted by atomic mass is 32.1. The number of likely N-dealkylation sites (tertiary alicyclic amines) is 2. The number of aryl methyl sites for hydroxylation is 3. The number of hydrogen-bond donors (Lipinski definition) is 4. The number of rotatable bonds is 42. The molecule has 6 atom stereocenters. The maximum atomic E-state index is 14.4. The quantitative estimate of drug-likeness (QED) is 0.0204. The van der Waals surface area contributed by atoms with Crippen molar-refractivity contribution in [3.8, 4) is 44.5 Å². The summed E-state index contributed by atoms with van der Waals surface area (Å²) < 4.78 is 49.2. The molecule has 4 N–H and O–H groups in total. The minimum atomic E-state index is -1.03. The van der Waals surface area contributed by atoms with Gasteiger partial charge in [-0.1, -0.05) is 104 Å². The Hall–Kier alpha value is -11.5. The summed E-state index contributed by atoms with van der Waals surface area (Å²) in [5.74, 6) is -1.28. The summed E-state index contributed by atoms with van der Waals surface area (Å²) in [4.78, 5) is 129. The van der Waals surface area contributed by atoms with E-state index in [1.54, 1.807) is 69.4 Å². The SMILES string of the molecule is Cc1cc(N2C(=O)C(C)(C)N(c3ccc(OCCCCCOCCCOCC(=O)N[C@H](C(=O)N4C[C@H](C)C[C@H]4C(=O)NCc4ccc(-c5scnc5C)cc4)C(C)(C)C)cc3)C2=S)ccc1C#N.Cc1ncsc1-c1ccc(CNC(=O)[C@@H]2C[C@@H](C)CN2C(=O)[C@@H](NC(=O)COCCCOCCCCCOc2ccc(N3C(=S)N(c4ccc(C#N)c(F)c4)C(=O)C3(C)C)cc2)C(C)(C)C)cc1. The Balaban J connectivity index is 0.000000261. The van der Waals surface area contributed by atoms with E-state index in [0.29, 0.717) is 133 Å². The van der Waals surface area contributed by atoms with Crippen LogP contribution in [0.2, 0.25) is 0 Å². The van der Waals surface area contributed by atoms with E-state index >= 15 is 0 Å². The molecule has 0 aliphatic carbocycles. The van der Waals surface area contributed by atoms with Crippen molar-refractivity contribution in [2.75, 3.05) is 98.8 Å². The van der Waals surface area contributed by atoms with Gasteiger partial charge < -0.3 is 69.3 Å². The number of nitrogens with one attached hydrogen (secondary N) is 4. The standard InChI is InChI=1S/C52H65N7O7S2.C51H62FN7O7S2/c1-34-27-43(47(61)54-30-37-13-15-38(16-14-37)45-36(3)55-33-68-45)57(31-34)48(62)46(51(4,5)6)56-44(60)32-65-25-12-24-64-23-10-9-11-26-66-42-21-19-40(20-22-42)59-50(67)58(49(63)52(59,7)8)41-18-17-39(29-53)35(2)28-41;1-33-26-42(46(61)54-29-35-12-14-36(15-13-35)44-34(2)55-32-68-44)57(30-33)47(62)45(50(3,4)5)56-43(60)31-65-24-11-23-64-22-9-8-10-25-66-40-20-18-38(19-21-40)59-49(67)58(48(63)51(59,6)7)39-17-16-37(28-53)41(52)27-39/h13-22,28,33-34,43,46H,9-12,23-27,30-32H2,1-8H3,(H,54,61)(H,56,60);12-21,27,32-33,42,45H,8-11,22-26,29-31H2,1-7H3,(H,54,61)(H,56,60)/t34-,43+,46-;33-,42+,45-/m11/s1. The first-order valence-corrected chi connectivity index (χ1v) is 49.0. The highest BCUT2D eigenvalue weighted by Crippen LogP contribution is 2.41. The van der Waals surface area contributed by atoms with Gasteiger partial charge in [-0.3, -0.25) is 48.2 Å². The van der Waals surface area contributed by atoms with Gasteiger partial charge in [-0.25, -0.2) is 14.4 Å². The van der Waals surface area contributed by atoms with Crippen molar-refractivity contribution in [1.82, 2.24) is 41.0 Å². The third-order valence-corrected chi connectivity index (χ3v) is 27.0. The van der Waals surface area contributed by atoms with Gasteiger partial charge in [-0.2, -0.15) is 10.5 Å². The number of unbranched alkanes of at least 4 members (excludes halogenated alkanes) is 4. The first kappa shape index (κ1) is 105. The van der Waals surface area contributed by atoms with Crippen molar-refractivity contribution < 1.29 is 71.2 Å². The molecule has 0 radical (unpaired) electrons. The Kier molecular flexibility index (Phi) is 37.0. The first-order chi connectivity index (χ1) is 64.8. The number of carbonyl (C=O) groups is 8. The number of halogens is 1. The maximum absolute atomic E-state index is 14.4. The third kappa shape index (κ3) is 27.0. The number of anilines is 4. The number of thiazole rings is 2. The fourth-order valence-electron chi connectivity index (χ4n) is 16.8. The molecule has 6 heterocycles. The zero-order valence-corrected chi connectivity index (χ0v) is 83.8. The summed E-state index contributed by atoms with van der Waals surface area (Å²) in [5.41, 5.74) is 10.1. The number of nitrogens with zero attached hydrogens (tertiary/aromatic N) is 10. The van der Waals surface area contributed by atoms with Gasteiger partial charge in [0.25, 0.3) is 11.8 Å². The van der Waals surface area contributed by atoms with E-state index in [0.717, 1.165) is 105 Å². The number of benzene rings is 6. The number of amides is 8. The Morgan fingerprint density at radius 2 is 0.853 bits per heavy atom. The second-order valence-corrected chi connectivity index (χ2v) is 40.6. The largest absolute Gasteiger partial charge is 0.494 e. The van der Waals surface area contributed by atoms with Crippen LogP contribution < -0.4 is 50.3 Å². The number of hydrogen-bond acceptors (Lipinski definition) is 22. The minimum Gasteiger partial charge on any atom is -0.494 e. The van der Waals surface area contributed by atoms with E-state index < -0.39 is 57.8 Å². The molecular formula is C103H127FN14O14S4. The third-order valence-electron chi connectivity index (χ3n) is 24.4. The van der Waals surface area contributed by atoms with Crippen molar-refractivity contribution in [1.29, 1.82) is 10.5 Å². The lowest BCUT2D eigenvalue weighted by Crippen LogP contribution is -2.58.